The van der Waals surface area contributed by atoms with Gasteiger partial charge in [0, 0.05) is 62.5 Å². The summed E-state index contributed by atoms with van der Waals surface area (Å²) in [6, 6.07) is 17.3. The first-order valence-corrected chi connectivity index (χ1v) is 18.5. The first-order chi connectivity index (χ1) is 23.3. The first kappa shape index (κ1) is 35.7. The smallest absolute Gasteiger partial charge is 0.251 e. The maximum atomic E-state index is 15.0. The number of unbranched alkanes of at least 4 members (excludes halogenated alkanes) is 3. The van der Waals surface area contributed by atoms with E-state index in [1.807, 2.05) is 52.3 Å². The highest BCUT2D eigenvalue weighted by molar-refractivity contribution is 8.02. The van der Waals surface area contributed by atoms with E-state index in [4.69, 9.17) is 0 Å². The predicted octanol–water partition coefficient (Wildman–Crippen LogP) is 5.91. The molecule has 258 valence electrons. The van der Waals surface area contributed by atoms with Crippen LogP contribution in [-0.4, -0.2) is 88.0 Å². The zero-order chi connectivity index (χ0) is 34.3. The Hall–Kier alpha value is -3.56. The summed E-state index contributed by atoms with van der Waals surface area (Å²) in [5.41, 5.74) is 2.90. The molecule has 2 aromatic rings. The largest absolute Gasteiger partial charge is 0.396 e. The van der Waals surface area contributed by atoms with E-state index in [1.54, 1.807) is 28.8 Å². The minimum absolute atomic E-state index is 0.0160. The average molecular weight is 673 g/mol. The molecule has 8 nitrogen and oxygen atoms in total. The van der Waals surface area contributed by atoms with E-state index in [0.29, 0.717) is 32.6 Å². The third-order valence-electron chi connectivity index (χ3n) is 10.4. The molecule has 3 aliphatic heterocycles. The Morgan fingerprint density at radius 2 is 1.60 bits per heavy atom. The van der Waals surface area contributed by atoms with E-state index < -0.39 is 22.6 Å². The third-order valence-corrected chi connectivity index (χ3v) is 12.3. The van der Waals surface area contributed by atoms with Crippen LogP contribution in [0.3, 0.4) is 0 Å². The number of likely N-dealkylation sites (tertiary alicyclic amines) is 1. The fourth-order valence-electron chi connectivity index (χ4n) is 8.14. The Bertz CT molecular complexity index is 1430. The second kappa shape index (κ2) is 16.2. The van der Waals surface area contributed by atoms with Crippen LogP contribution in [0, 0.1) is 11.8 Å². The highest BCUT2D eigenvalue weighted by Crippen LogP contribution is 2.66. The molecule has 0 saturated carbocycles. The second-order valence-corrected chi connectivity index (χ2v) is 14.7. The molecule has 1 spiro atoms. The van der Waals surface area contributed by atoms with Gasteiger partial charge < -0.3 is 24.7 Å². The molecule has 5 atom stereocenters. The number of fused-ring (bicyclic) bond motifs is 1. The molecule has 3 fully saturated rings. The number of hydrogen-bond donors (Lipinski definition) is 1. The fraction of sp³-hybridized carbons (Fsp3) is 0.513. The molecular weight excluding hydrogens is 621 g/mol. The van der Waals surface area contributed by atoms with Crippen molar-refractivity contribution in [3.63, 3.8) is 0 Å². The Labute approximate surface area is 290 Å². The maximum absolute atomic E-state index is 15.0. The molecule has 48 heavy (non-hydrogen) atoms. The summed E-state index contributed by atoms with van der Waals surface area (Å²) in [7, 11) is 0. The van der Waals surface area contributed by atoms with Gasteiger partial charge in [-0.05, 0) is 69.4 Å². The van der Waals surface area contributed by atoms with Gasteiger partial charge in [-0.15, -0.1) is 24.9 Å². The third kappa shape index (κ3) is 6.95. The van der Waals surface area contributed by atoms with Gasteiger partial charge in [-0.3, -0.25) is 14.4 Å². The number of thioether (sulfide) groups is 1. The molecule has 2 aromatic carbocycles. The van der Waals surface area contributed by atoms with Gasteiger partial charge in [0.05, 0.1) is 16.6 Å². The minimum atomic E-state index is -0.676. The summed E-state index contributed by atoms with van der Waals surface area (Å²) in [5, 5.41) is 9.28. The fourth-order valence-corrected chi connectivity index (χ4v) is 10.3. The van der Waals surface area contributed by atoms with Gasteiger partial charge in [0.1, 0.15) is 6.04 Å². The summed E-state index contributed by atoms with van der Waals surface area (Å²) in [6.45, 7) is 15.7. The first-order valence-electron chi connectivity index (χ1n) is 17.6. The van der Waals surface area contributed by atoms with Crippen LogP contribution >= 0.6 is 11.8 Å². The number of carbonyl (C=O) groups is 3. The van der Waals surface area contributed by atoms with Crippen molar-refractivity contribution >= 4 is 40.9 Å². The number of amides is 3. The van der Waals surface area contributed by atoms with E-state index in [0.717, 1.165) is 62.1 Å². The summed E-state index contributed by atoms with van der Waals surface area (Å²) in [6.07, 6.45) is 8.18. The Kier molecular flexibility index (Phi) is 12.1. The number of rotatable bonds is 18. The van der Waals surface area contributed by atoms with Crippen molar-refractivity contribution in [3.05, 3.63) is 85.5 Å². The van der Waals surface area contributed by atoms with Crippen molar-refractivity contribution in [3.8, 4) is 0 Å². The van der Waals surface area contributed by atoms with Gasteiger partial charge in [-0.2, -0.15) is 0 Å². The van der Waals surface area contributed by atoms with Crippen LogP contribution in [0.5, 0.6) is 0 Å². The molecule has 1 N–H and O–H groups in total. The van der Waals surface area contributed by atoms with E-state index in [2.05, 4.69) is 44.0 Å². The molecule has 9 heteroatoms. The number of benzene rings is 2. The van der Waals surface area contributed by atoms with E-state index in [-0.39, 0.29) is 29.6 Å². The maximum Gasteiger partial charge on any atom is 0.251 e. The van der Waals surface area contributed by atoms with Crippen molar-refractivity contribution in [2.75, 3.05) is 49.1 Å². The van der Waals surface area contributed by atoms with Gasteiger partial charge in [0.15, 0.2) is 0 Å². The molecule has 3 saturated heterocycles. The quantitative estimate of drug-likeness (QED) is 0.157. The zero-order valence-corrected chi connectivity index (χ0v) is 29.5. The molecular formula is C39H52N4O4S. The van der Waals surface area contributed by atoms with Crippen molar-refractivity contribution in [2.45, 2.75) is 75.0 Å². The summed E-state index contributed by atoms with van der Waals surface area (Å²) < 4.78 is -0.669. The molecule has 3 amide bonds. The standard InChI is InChI=1S/C39H52N4O4S/c1-5-24-41(28-29-16-12-11-13-17-29)36(45)33-32-22-23-39(48-32)34(33)37(46)43(26-14-9-10-15-27-44)35(39)38(47)42(25-6-2)31-20-18-30(19-21-31)40(7-3)8-4/h5-6,11-13,16-21,32-35,44H,1-2,7-10,14-15,22-28H2,3-4H3/t32-,33+,34-,35?,39?/m0/s1. The lowest BCUT2D eigenvalue weighted by Crippen LogP contribution is -2.55. The van der Waals surface area contributed by atoms with Gasteiger partial charge in [0.25, 0.3) is 5.91 Å². The number of nitrogens with zero attached hydrogens (tertiary/aromatic N) is 4. The molecule has 2 unspecified atom stereocenters. The highest BCUT2D eigenvalue weighted by atomic mass is 32.2. The Balaban J connectivity index is 1.48. The highest BCUT2D eigenvalue weighted by Gasteiger charge is 2.74. The van der Waals surface area contributed by atoms with Crippen LogP contribution in [-0.2, 0) is 20.9 Å². The van der Waals surface area contributed by atoms with Crippen LogP contribution in [0.15, 0.2) is 79.9 Å². The van der Waals surface area contributed by atoms with Crippen molar-refractivity contribution in [1.82, 2.24) is 9.80 Å². The lowest BCUT2D eigenvalue weighted by Gasteiger charge is -2.37. The molecule has 0 aromatic heterocycles. The van der Waals surface area contributed by atoms with Crippen LogP contribution in [0.25, 0.3) is 0 Å². The van der Waals surface area contributed by atoms with Crippen LogP contribution in [0.4, 0.5) is 11.4 Å². The van der Waals surface area contributed by atoms with Crippen molar-refractivity contribution < 1.29 is 19.5 Å². The van der Waals surface area contributed by atoms with Gasteiger partial charge in [0.2, 0.25) is 11.8 Å². The normalized spacial score (nSPS) is 24.0. The number of aliphatic hydroxyl groups excluding tert-OH is 1. The van der Waals surface area contributed by atoms with Crippen LogP contribution in [0.2, 0.25) is 0 Å². The second-order valence-electron chi connectivity index (χ2n) is 13.1. The van der Waals surface area contributed by atoms with Gasteiger partial charge >= 0.3 is 0 Å². The lowest BCUT2D eigenvalue weighted by molar-refractivity contribution is -0.144. The number of anilines is 2. The Morgan fingerprint density at radius 1 is 0.938 bits per heavy atom. The monoisotopic (exact) mass is 672 g/mol. The molecule has 2 bridgehead atoms. The molecule has 3 heterocycles. The molecule has 0 aliphatic carbocycles. The summed E-state index contributed by atoms with van der Waals surface area (Å²) in [5.74, 6) is -1.25. The number of hydrogen-bond acceptors (Lipinski definition) is 6. The number of carbonyl (C=O) groups excluding carboxylic acids is 3. The number of aliphatic hydroxyl groups is 1. The van der Waals surface area contributed by atoms with Gasteiger partial charge in [-0.1, -0.05) is 55.3 Å². The van der Waals surface area contributed by atoms with Crippen molar-refractivity contribution in [2.24, 2.45) is 11.8 Å². The SMILES string of the molecule is C=CCN(Cc1ccccc1)C(=O)[C@@H]1[C@@H]2CCC3(S2)C(C(=O)N(CC=C)c2ccc(N(CC)CC)cc2)N(CCCCCCO)C(=O)[C@H]13. The van der Waals surface area contributed by atoms with Crippen LogP contribution < -0.4 is 9.80 Å². The minimum Gasteiger partial charge on any atom is -0.396 e. The van der Waals surface area contributed by atoms with E-state index in [9.17, 15) is 19.5 Å². The molecule has 3 aliphatic rings. The van der Waals surface area contributed by atoms with E-state index in [1.165, 1.54) is 0 Å². The molecule has 5 rings (SSSR count). The Morgan fingerprint density at radius 3 is 2.25 bits per heavy atom. The summed E-state index contributed by atoms with van der Waals surface area (Å²) >= 11 is 1.71. The van der Waals surface area contributed by atoms with Crippen LogP contribution in [0.1, 0.15) is 57.9 Å². The van der Waals surface area contributed by atoms with E-state index >= 15 is 0 Å². The average Bonchev–Trinajstić information content (AvgIpc) is 3.75. The lowest BCUT2D eigenvalue weighted by atomic mass is 9.70. The zero-order valence-electron chi connectivity index (χ0n) is 28.6. The summed E-state index contributed by atoms with van der Waals surface area (Å²) in [4.78, 5) is 51.8. The topological polar surface area (TPSA) is 84.4 Å². The van der Waals surface area contributed by atoms with Crippen molar-refractivity contribution in [1.29, 1.82) is 0 Å². The predicted molar refractivity (Wildman–Crippen MR) is 196 cm³/mol. The van der Waals surface area contributed by atoms with Gasteiger partial charge in [-0.25, -0.2) is 0 Å². The molecule has 0 radical (unpaired) electrons.